The van der Waals surface area contributed by atoms with Gasteiger partial charge in [-0.25, -0.2) is 9.78 Å². The minimum atomic E-state index is -1.06. The van der Waals surface area contributed by atoms with Gasteiger partial charge >= 0.3 is 5.97 Å². The van der Waals surface area contributed by atoms with Crippen LogP contribution in [0.2, 0.25) is 0 Å². The molecule has 1 saturated heterocycles. The summed E-state index contributed by atoms with van der Waals surface area (Å²) in [4.78, 5) is 28.3. The van der Waals surface area contributed by atoms with Gasteiger partial charge in [0.25, 0.3) is 0 Å². The Morgan fingerprint density at radius 1 is 1.27 bits per heavy atom. The van der Waals surface area contributed by atoms with Crippen LogP contribution in [0.4, 0.5) is 11.8 Å². The number of methoxy groups -OCH3 is 1. The van der Waals surface area contributed by atoms with Gasteiger partial charge in [-0.2, -0.15) is 4.98 Å². The summed E-state index contributed by atoms with van der Waals surface area (Å²) >= 11 is 0. The Labute approximate surface area is 218 Å². The standard InChI is InChI=1S/C27H33N5O4S/c1-3-36-25(33)18-4-5-19-20(15-28-22(19)14-18)17-6-11-32(12-7-17)26-29-21-8-13-37(34)23(21)24(30-26)31-27(9-10-27)16-35-2/h4-5,14-15,17,28H,3,6-13,16H2,1-2H3,(H,29,30,31). The lowest BCUT2D eigenvalue weighted by Crippen LogP contribution is -2.35. The van der Waals surface area contributed by atoms with Crippen molar-refractivity contribution < 1.29 is 18.5 Å². The topological polar surface area (TPSA) is 109 Å². The van der Waals surface area contributed by atoms with E-state index in [0.29, 0.717) is 30.4 Å². The lowest BCUT2D eigenvalue weighted by Gasteiger charge is -2.32. The third kappa shape index (κ3) is 4.61. The fraction of sp³-hybridized carbons (Fsp3) is 0.519. The number of fused-ring (bicyclic) bond motifs is 2. The number of rotatable bonds is 8. The largest absolute Gasteiger partial charge is 0.462 e. The molecule has 37 heavy (non-hydrogen) atoms. The first-order chi connectivity index (χ1) is 18.0. The minimum Gasteiger partial charge on any atom is -0.462 e. The Morgan fingerprint density at radius 2 is 2.08 bits per heavy atom. The zero-order chi connectivity index (χ0) is 25.6. The highest BCUT2D eigenvalue weighted by Crippen LogP contribution is 2.42. The molecular weight excluding hydrogens is 490 g/mol. The summed E-state index contributed by atoms with van der Waals surface area (Å²) in [5, 5.41) is 4.73. The van der Waals surface area contributed by atoms with Gasteiger partial charge in [0.05, 0.1) is 40.8 Å². The van der Waals surface area contributed by atoms with Crippen LogP contribution < -0.4 is 10.2 Å². The Morgan fingerprint density at radius 3 is 2.81 bits per heavy atom. The van der Waals surface area contributed by atoms with Crippen molar-refractivity contribution in [3.05, 3.63) is 41.2 Å². The number of nitrogens with zero attached hydrogens (tertiary/aromatic N) is 3. The maximum Gasteiger partial charge on any atom is 0.338 e. The number of piperidine rings is 1. The number of benzene rings is 1. The van der Waals surface area contributed by atoms with Crippen LogP contribution in [0, 0.1) is 0 Å². The molecule has 4 heterocycles. The predicted octanol–water partition coefficient (Wildman–Crippen LogP) is 3.77. The van der Waals surface area contributed by atoms with E-state index in [1.54, 1.807) is 7.11 Å². The Bertz CT molecular complexity index is 1360. The van der Waals surface area contributed by atoms with Gasteiger partial charge in [-0.05, 0) is 56.2 Å². The van der Waals surface area contributed by atoms with Crippen molar-refractivity contribution in [1.82, 2.24) is 15.0 Å². The van der Waals surface area contributed by atoms with E-state index < -0.39 is 10.8 Å². The van der Waals surface area contributed by atoms with Crippen molar-refractivity contribution in [2.24, 2.45) is 0 Å². The summed E-state index contributed by atoms with van der Waals surface area (Å²) in [5.41, 5.74) is 3.62. The number of esters is 1. The molecule has 9 nitrogen and oxygen atoms in total. The fourth-order valence-corrected chi connectivity index (χ4v) is 6.92. The molecule has 1 saturated carbocycles. The second kappa shape index (κ2) is 9.72. The molecule has 2 aliphatic heterocycles. The van der Waals surface area contributed by atoms with Crippen LogP contribution in [0.25, 0.3) is 10.9 Å². The number of aromatic amines is 1. The number of nitrogens with one attached hydrogen (secondary N) is 2. The summed E-state index contributed by atoms with van der Waals surface area (Å²) in [5.74, 6) is 2.18. The van der Waals surface area contributed by atoms with Gasteiger partial charge in [0.2, 0.25) is 5.95 Å². The van der Waals surface area contributed by atoms with Gasteiger partial charge in [0, 0.05) is 49.5 Å². The highest BCUT2D eigenvalue weighted by Gasteiger charge is 2.44. The van der Waals surface area contributed by atoms with Crippen molar-refractivity contribution in [3.8, 4) is 0 Å². The molecule has 0 amide bonds. The van der Waals surface area contributed by atoms with Crippen molar-refractivity contribution >= 4 is 39.4 Å². The van der Waals surface area contributed by atoms with E-state index in [4.69, 9.17) is 19.4 Å². The zero-order valence-electron chi connectivity index (χ0n) is 21.3. The summed E-state index contributed by atoms with van der Waals surface area (Å²) < 4.78 is 23.3. The fourth-order valence-electron chi connectivity index (χ4n) is 5.61. The molecule has 1 atom stereocenters. The molecule has 0 bridgehead atoms. The van der Waals surface area contributed by atoms with Gasteiger partial charge in [-0.3, -0.25) is 4.21 Å². The Kier molecular flexibility index (Phi) is 6.40. The van der Waals surface area contributed by atoms with E-state index >= 15 is 0 Å². The lowest BCUT2D eigenvalue weighted by atomic mass is 9.89. The lowest BCUT2D eigenvalue weighted by molar-refractivity contribution is 0.0526. The van der Waals surface area contributed by atoms with Gasteiger partial charge in [0.15, 0.2) is 0 Å². The highest BCUT2D eigenvalue weighted by molar-refractivity contribution is 7.85. The van der Waals surface area contributed by atoms with Gasteiger partial charge in [0.1, 0.15) is 10.7 Å². The van der Waals surface area contributed by atoms with Crippen LogP contribution in [0.15, 0.2) is 29.3 Å². The number of anilines is 2. The predicted molar refractivity (Wildman–Crippen MR) is 143 cm³/mol. The molecule has 196 valence electrons. The maximum absolute atomic E-state index is 12.7. The van der Waals surface area contributed by atoms with E-state index in [1.165, 1.54) is 5.56 Å². The normalized spacial score (nSPS) is 20.7. The SMILES string of the molecule is CCOC(=O)c1ccc2c(C3CCN(c4nc5c(c(NC6(COC)CC6)n4)S(=O)CC5)CC3)c[nH]c2c1. The molecule has 1 aliphatic carbocycles. The number of carbonyl (C=O) groups is 1. The van der Waals surface area contributed by atoms with E-state index in [2.05, 4.69) is 21.4 Å². The van der Waals surface area contributed by atoms with Crippen molar-refractivity contribution in [2.75, 3.05) is 49.4 Å². The van der Waals surface area contributed by atoms with Crippen LogP contribution in [0.3, 0.4) is 0 Å². The molecular formula is C27H33N5O4S. The minimum absolute atomic E-state index is 0.101. The molecule has 3 aromatic rings. The molecule has 2 N–H and O–H groups in total. The first-order valence-corrected chi connectivity index (χ1v) is 14.4. The third-order valence-corrected chi connectivity index (χ3v) is 9.24. The average molecular weight is 524 g/mol. The van der Waals surface area contributed by atoms with E-state index in [-0.39, 0.29) is 11.5 Å². The van der Waals surface area contributed by atoms with Gasteiger partial charge < -0.3 is 24.7 Å². The van der Waals surface area contributed by atoms with E-state index in [9.17, 15) is 9.00 Å². The summed E-state index contributed by atoms with van der Waals surface area (Å²) in [7, 11) is 0.657. The monoisotopic (exact) mass is 523 g/mol. The van der Waals surface area contributed by atoms with Crippen molar-refractivity contribution in [3.63, 3.8) is 0 Å². The number of hydrogen-bond acceptors (Lipinski definition) is 8. The highest BCUT2D eigenvalue weighted by atomic mass is 32.2. The summed E-state index contributed by atoms with van der Waals surface area (Å²) in [6.07, 6.45) is 6.82. The van der Waals surface area contributed by atoms with Crippen LogP contribution in [0.1, 0.15) is 60.1 Å². The number of carbonyl (C=O) groups excluding carboxylic acids is 1. The van der Waals surface area contributed by atoms with Crippen LogP contribution in [-0.2, 0) is 26.7 Å². The summed E-state index contributed by atoms with van der Waals surface area (Å²) in [6.45, 7) is 4.49. The second-order valence-electron chi connectivity index (χ2n) is 10.3. The quantitative estimate of drug-likeness (QED) is 0.430. The molecule has 0 spiro atoms. The first kappa shape index (κ1) is 24.4. The average Bonchev–Trinajstić information content (AvgIpc) is 3.35. The summed E-state index contributed by atoms with van der Waals surface area (Å²) in [6, 6.07) is 5.74. The smallest absolute Gasteiger partial charge is 0.338 e. The number of aryl methyl sites for hydroxylation is 1. The van der Waals surface area contributed by atoms with Crippen LogP contribution in [0.5, 0.6) is 0 Å². The molecule has 3 aliphatic rings. The molecule has 1 unspecified atom stereocenters. The zero-order valence-corrected chi connectivity index (χ0v) is 22.2. The molecule has 10 heteroatoms. The second-order valence-corrected chi connectivity index (χ2v) is 11.8. The molecule has 1 aromatic carbocycles. The first-order valence-electron chi connectivity index (χ1n) is 13.1. The third-order valence-electron chi connectivity index (χ3n) is 7.78. The van der Waals surface area contributed by atoms with E-state index in [0.717, 1.165) is 78.5 Å². The number of aromatic nitrogens is 3. The van der Waals surface area contributed by atoms with Crippen molar-refractivity contribution in [2.45, 2.75) is 55.4 Å². The van der Waals surface area contributed by atoms with E-state index in [1.807, 2.05) is 25.1 Å². The number of ether oxygens (including phenoxy) is 2. The Hall–Kier alpha value is -2.98. The molecule has 6 rings (SSSR count). The van der Waals surface area contributed by atoms with Crippen LogP contribution in [-0.4, -0.2) is 69.8 Å². The molecule has 2 aromatic heterocycles. The number of H-pyrrole nitrogens is 1. The molecule has 0 radical (unpaired) electrons. The number of hydrogen-bond donors (Lipinski definition) is 2. The van der Waals surface area contributed by atoms with Crippen molar-refractivity contribution in [1.29, 1.82) is 0 Å². The van der Waals surface area contributed by atoms with Gasteiger partial charge in [-0.15, -0.1) is 0 Å². The maximum atomic E-state index is 12.7. The Balaban J connectivity index is 1.19. The molecule has 2 fully saturated rings. The van der Waals surface area contributed by atoms with Crippen LogP contribution >= 0.6 is 0 Å². The van der Waals surface area contributed by atoms with Gasteiger partial charge in [-0.1, -0.05) is 6.07 Å².